The number of aryl methyl sites for hydroxylation is 1. The SMILES string of the molecule is COCCN(C)CC(=O)N[C@@H](C)Cc1cccc(C)n1. The van der Waals surface area contributed by atoms with Gasteiger partial charge in [0.15, 0.2) is 0 Å². The second kappa shape index (κ2) is 8.66. The highest BCUT2D eigenvalue weighted by atomic mass is 16.5. The average Bonchev–Trinajstić information content (AvgIpc) is 2.35. The van der Waals surface area contributed by atoms with E-state index in [1.165, 1.54) is 0 Å². The standard InChI is InChI=1S/C15H25N3O2/c1-12-6-5-7-14(16-12)10-13(2)17-15(19)11-18(3)8-9-20-4/h5-7,13H,8-11H2,1-4H3,(H,17,19)/t13-/m0/s1. The summed E-state index contributed by atoms with van der Waals surface area (Å²) < 4.78 is 4.98. The summed E-state index contributed by atoms with van der Waals surface area (Å²) >= 11 is 0. The van der Waals surface area contributed by atoms with E-state index in [-0.39, 0.29) is 11.9 Å². The summed E-state index contributed by atoms with van der Waals surface area (Å²) in [4.78, 5) is 18.3. The van der Waals surface area contributed by atoms with E-state index in [0.29, 0.717) is 13.2 Å². The van der Waals surface area contributed by atoms with E-state index < -0.39 is 0 Å². The molecule has 0 aliphatic heterocycles. The summed E-state index contributed by atoms with van der Waals surface area (Å²) in [5.74, 6) is 0.0313. The summed E-state index contributed by atoms with van der Waals surface area (Å²) in [7, 11) is 3.57. The zero-order valence-corrected chi connectivity index (χ0v) is 12.8. The Morgan fingerprint density at radius 1 is 1.50 bits per heavy atom. The number of carbonyl (C=O) groups excluding carboxylic acids is 1. The molecule has 1 N–H and O–H groups in total. The maximum absolute atomic E-state index is 11.9. The monoisotopic (exact) mass is 279 g/mol. The molecule has 5 nitrogen and oxygen atoms in total. The second-order valence-corrected chi connectivity index (χ2v) is 5.17. The van der Waals surface area contributed by atoms with Gasteiger partial charge in [0.2, 0.25) is 5.91 Å². The van der Waals surface area contributed by atoms with Crippen LogP contribution in [0.25, 0.3) is 0 Å². The highest BCUT2D eigenvalue weighted by molar-refractivity contribution is 5.78. The fraction of sp³-hybridized carbons (Fsp3) is 0.600. The van der Waals surface area contributed by atoms with Crippen LogP contribution in [0.5, 0.6) is 0 Å². The molecule has 0 saturated carbocycles. The molecule has 0 spiro atoms. The van der Waals surface area contributed by atoms with Crippen molar-refractivity contribution in [2.24, 2.45) is 0 Å². The first-order chi connectivity index (χ1) is 9.51. The second-order valence-electron chi connectivity index (χ2n) is 5.17. The van der Waals surface area contributed by atoms with Gasteiger partial charge >= 0.3 is 0 Å². The lowest BCUT2D eigenvalue weighted by Gasteiger charge is -2.18. The lowest BCUT2D eigenvalue weighted by molar-refractivity contribution is -0.122. The topological polar surface area (TPSA) is 54.5 Å². The quantitative estimate of drug-likeness (QED) is 0.772. The van der Waals surface area contributed by atoms with Crippen LogP contribution in [0.3, 0.4) is 0 Å². The van der Waals surface area contributed by atoms with E-state index in [4.69, 9.17) is 4.74 Å². The Morgan fingerprint density at radius 3 is 2.90 bits per heavy atom. The first-order valence-electron chi connectivity index (χ1n) is 6.90. The molecular weight excluding hydrogens is 254 g/mol. The Morgan fingerprint density at radius 2 is 2.25 bits per heavy atom. The Labute approximate surface area is 121 Å². The Kier molecular flexibility index (Phi) is 7.18. The lowest BCUT2D eigenvalue weighted by Crippen LogP contribution is -2.41. The van der Waals surface area contributed by atoms with Crippen LogP contribution in [-0.4, -0.2) is 55.7 Å². The third kappa shape index (κ3) is 6.63. The van der Waals surface area contributed by atoms with Crippen LogP contribution >= 0.6 is 0 Å². The number of nitrogens with one attached hydrogen (secondary N) is 1. The smallest absolute Gasteiger partial charge is 0.234 e. The summed E-state index contributed by atoms with van der Waals surface area (Å²) in [6, 6.07) is 6.02. The zero-order valence-electron chi connectivity index (χ0n) is 12.8. The molecule has 0 unspecified atom stereocenters. The number of aromatic nitrogens is 1. The molecule has 0 fully saturated rings. The van der Waals surface area contributed by atoms with Crippen LogP contribution in [0.4, 0.5) is 0 Å². The highest BCUT2D eigenvalue weighted by Crippen LogP contribution is 2.02. The van der Waals surface area contributed by atoms with Crippen molar-refractivity contribution in [1.82, 2.24) is 15.2 Å². The molecule has 1 heterocycles. The van der Waals surface area contributed by atoms with Gasteiger partial charge in [-0.25, -0.2) is 0 Å². The number of ether oxygens (including phenoxy) is 1. The number of hydrogen-bond donors (Lipinski definition) is 1. The number of hydrogen-bond acceptors (Lipinski definition) is 4. The molecule has 1 rings (SSSR count). The van der Waals surface area contributed by atoms with Gasteiger partial charge in [-0.1, -0.05) is 6.07 Å². The Balaban J connectivity index is 2.34. The van der Waals surface area contributed by atoms with Crippen LogP contribution in [0.1, 0.15) is 18.3 Å². The van der Waals surface area contributed by atoms with E-state index in [9.17, 15) is 4.79 Å². The molecular formula is C15H25N3O2. The molecule has 1 aromatic rings. The van der Waals surface area contributed by atoms with E-state index in [2.05, 4.69) is 10.3 Å². The molecule has 1 aromatic heterocycles. The fourth-order valence-corrected chi connectivity index (χ4v) is 1.97. The molecule has 0 bridgehead atoms. The van der Waals surface area contributed by atoms with Crippen LogP contribution < -0.4 is 5.32 Å². The van der Waals surface area contributed by atoms with E-state index in [1.807, 2.05) is 44.0 Å². The van der Waals surface area contributed by atoms with Crippen molar-refractivity contribution in [2.45, 2.75) is 26.3 Å². The van der Waals surface area contributed by atoms with Gasteiger partial charge in [0, 0.05) is 37.5 Å². The first-order valence-corrected chi connectivity index (χ1v) is 6.90. The van der Waals surface area contributed by atoms with Gasteiger partial charge in [-0.05, 0) is 33.0 Å². The minimum atomic E-state index is 0.0313. The largest absolute Gasteiger partial charge is 0.383 e. The summed E-state index contributed by atoms with van der Waals surface area (Å²) in [5, 5.41) is 2.99. The zero-order chi connectivity index (χ0) is 15.0. The van der Waals surface area contributed by atoms with Crippen LogP contribution in [0, 0.1) is 6.92 Å². The average molecular weight is 279 g/mol. The molecule has 0 aliphatic rings. The minimum Gasteiger partial charge on any atom is -0.383 e. The molecule has 20 heavy (non-hydrogen) atoms. The number of amides is 1. The minimum absolute atomic E-state index is 0.0313. The van der Waals surface area contributed by atoms with Crippen molar-refractivity contribution in [2.75, 3.05) is 33.9 Å². The first kappa shape index (κ1) is 16.6. The fourth-order valence-electron chi connectivity index (χ4n) is 1.97. The number of pyridine rings is 1. The molecule has 0 saturated heterocycles. The molecule has 112 valence electrons. The van der Waals surface area contributed by atoms with Crippen LogP contribution in [0.15, 0.2) is 18.2 Å². The lowest BCUT2D eigenvalue weighted by atomic mass is 10.1. The van der Waals surface area contributed by atoms with Crippen molar-refractivity contribution in [1.29, 1.82) is 0 Å². The van der Waals surface area contributed by atoms with E-state index in [0.717, 1.165) is 24.4 Å². The summed E-state index contributed by atoms with van der Waals surface area (Å²) in [5.41, 5.74) is 2.01. The summed E-state index contributed by atoms with van der Waals surface area (Å²) in [6.45, 7) is 5.73. The number of carbonyl (C=O) groups is 1. The Hall–Kier alpha value is -1.46. The van der Waals surface area contributed by atoms with E-state index >= 15 is 0 Å². The predicted molar refractivity (Wildman–Crippen MR) is 79.7 cm³/mol. The van der Waals surface area contributed by atoms with Crippen LogP contribution in [-0.2, 0) is 16.0 Å². The van der Waals surface area contributed by atoms with Crippen molar-refractivity contribution < 1.29 is 9.53 Å². The van der Waals surface area contributed by atoms with Crippen LogP contribution in [0.2, 0.25) is 0 Å². The number of rotatable bonds is 8. The van der Waals surface area contributed by atoms with Gasteiger partial charge in [0.05, 0.1) is 13.2 Å². The van der Waals surface area contributed by atoms with Crippen molar-refractivity contribution in [3.63, 3.8) is 0 Å². The third-order valence-corrected chi connectivity index (χ3v) is 2.96. The molecule has 0 radical (unpaired) electrons. The Bertz CT molecular complexity index is 423. The van der Waals surface area contributed by atoms with Crippen molar-refractivity contribution >= 4 is 5.91 Å². The molecule has 1 atom stereocenters. The third-order valence-electron chi connectivity index (χ3n) is 2.96. The van der Waals surface area contributed by atoms with Crippen molar-refractivity contribution in [3.05, 3.63) is 29.6 Å². The molecule has 0 aliphatic carbocycles. The number of likely N-dealkylation sites (N-methyl/N-ethyl adjacent to an activating group) is 1. The maximum Gasteiger partial charge on any atom is 0.234 e. The van der Waals surface area contributed by atoms with Gasteiger partial charge in [-0.3, -0.25) is 14.7 Å². The van der Waals surface area contributed by atoms with Gasteiger partial charge in [0.25, 0.3) is 0 Å². The van der Waals surface area contributed by atoms with E-state index in [1.54, 1.807) is 7.11 Å². The van der Waals surface area contributed by atoms with Gasteiger partial charge in [-0.15, -0.1) is 0 Å². The molecule has 5 heteroatoms. The number of nitrogens with zero attached hydrogens (tertiary/aromatic N) is 2. The molecule has 1 amide bonds. The van der Waals surface area contributed by atoms with Gasteiger partial charge in [-0.2, -0.15) is 0 Å². The molecule has 0 aromatic carbocycles. The highest BCUT2D eigenvalue weighted by Gasteiger charge is 2.11. The maximum atomic E-state index is 11.9. The van der Waals surface area contributed by atoms with Crippen molar-refractivity contribution in [3.8, 4) is 0 Å². The number of methoxy groups -OCH3 is 1. The normalized spacial score (nSPS) is 12.4. The van der Waals surface area contributed by atoms with Gasteiger partial charge in [0.1, 0.15) is 0 Å². The predicted octanol–water partition coefficient (Wildman–Crippen LogP) is 1.02. The summed E-state index contributed by atoms with van der Waals surface area (Å²) in [6.07, 6.45) is 0.745. The van der Waals surface area contributed by atoms with Gasteiger partial charge < -0.3 is 10.1 Å².